The molecule has 6 nitrogen and oxygen atoms in total. The minimum atomic E-state index is 0.0834. The predicted octanol–water partition coefficient (Wildman–Crippen LogP) is 5.35. The largest absolute Gasteiger partial charge is 0.392 e. The first-order chi connectivity index (χ1) is 18.2. The number of aliphatic hydroxyl groups excluding tert-OH is 1. The minimum Gasteiger partial charge on any atom is -0.392 e. The van der Waals surface area contributed by atoms with Gasteiger partial charge in [0.25, 0.3) is 0 Å². The van der Waals surface area contributed by atoms with Crippen molar-refractivity contribution in [2.75, 3.05) is 31.5 Å². The van der Waals surface area contributed by atoms with E-state index in [4.69, 9.17) is 11.6 Å². The van der Waals surface area contributed by atoms with Crippen LogP contribution in [0.15, 0.2) is 79.3 Å². The van der Waals surface area contributed by atoms with Crippen molar-refractivity contribution in [2.24, 2.45) is 0 Å². The maximum absolute atomic E-state index is 9.38. The molecule has 0 radical (unpaired) electrons. The summed E-state index contributed by atoms with van der Waals surface area (Å²) in [7, 11) is 0. The molecular weight excluding hydrogens is 482 g/mol. The predicted molar refractivity (Wildman–Crippen MR) is 151 cm³/mol. The lowest BCUT2D eigenvalue weighted by Gasteiger charge is -2.39. The van der Waals surface area contributed by atoms with E-state index in [1.165, 1.54) is 11.1 Å². The molecule has 3 heterocycles. The molecule has 0 saturated carbocycles. The van der Waals surface area contributed by atoms with Crippen LogP contribution in [0.5, 0.6) is 0 Å². The molecule has 2 aromatic heterocycles. The second-order valence-electron chi connectivity index (χ2n) is 9.75. The van der Waals surface area contributed by atoms with E-state index >= 15 is 0 Å². The van der Waals surface area contributed by atoms with Gasteiger partial charge in [0.1, 0.15) is 0 Å². The Labute approximate surface area is 223 Å². The van der Waals surface area contributed by atoms with Crippen molar-refractivity contribution in [3.63, 3.8) is 0 Å². The lowest BCUT2D eigenvalue weighted by Crippen LogP contribution is -2.45. The van der Waals surface area contributed by atoms with Crippen LogP contribution < -0.4 is 5.32 Å². The molecule has 0 unspecified atom stereocenters. The standard InChI is InChI=1S/C30H34ClN5O/c31-26-5-6-28-29(9-14-33-30(28)19-26)34-15-18-35-16-10-27(11-17-35)36(21-24-7-12-32-13-8-24)20-23-1-3-25(22-37)4-2-23/h1-9,12-14,19,27,37H,10-11,15-18,20-22H2,(H,33,34). The highest BCUT2D eigenvalue weighted by molar-refractivity contribution is 6.31. The monoisotopic (exact) mass is 515 g/mol. The maximum Gasteiger partial charge on any atom is 0.0737 e. The molecule has 37 heavy (non-hydrogen) atoms. The van der Waals surface area contributed by atoms with Crippen molar-refractivity contribution >= 4 is 28.2 Å². The van der Waals surface area contributed by atoms with Crippen LogP contribution in [0.4, 0.5) is 5.69 Å². The SMILES string of the molecule is OCc1ccc(CN(Cc2ccncc2)C2CCN(CCNc3ccnc4cc(Cl)ccc34)CC2)cc1. The molecule has 192 valence electrons. The van der Waals surface area contributed by atoms with Gasteiger partial charge in [0, 0.05) is 66.9 Å². The van der Waals surface area contributed by atoms with E-state index in [0.717, 1.165) is 74.3 Å². The van der Waals surface area contributed by atoms with E-state index < -0.39 is 0 Å². The summed E-state index contributed by atoms with van der Waals surface area (Å²) in [6.45, 7) is 5.99. The van der Waals surface area contributed by atoms with Crippen molar-refractivity contribution in [1.29, 1.82) is 0 Å². The summed E-state index contributed by atoms with van der Waals surface area (Å²) in [5.74, 6) is 0. The molecule has 0 amide bonds. The summed E-state index contributed by atoms with van der Waals surface area (Å²) in [6.07, 6.45) is 7.88. The highest BCUT2D eigenvalue weighted by Gasteiger charge is 2.25. The average molecular weight is 516 g/mol. The highest BCUT2D eigenvalue weighted by atomic mass is 35.5. The first-order valence-electron chi connectivity index (χ1n) is 13.0. The van der Waals surface area contributed by atoms with Gasteiger partial charge in [-0.1, -0.05) is 35.9 Å². The number of pyridine rings is 2. The van der Waals surface area contributed by atoms with Crippen LogP contribution in [0.25, 0.3) is 10.9 Å². The smallest absolute Gasteiger partial charge is 0.0737 e. The molecule has 0 atom stereocenters. The van der Waals surface area contributed by atoms with E-state index in [1.807, 2.05) is 55.0 Å². The number of piperidine rings is 1. The Bertz CT molecular complexity index is 1280. The lowest BCUT2D eigenvalue weighted by molar-refractivity contribution is 0.0984. The van der Waals surface area contributed by atoms with Gasteiger partial charge in [0.15, 0.2) is 0 Å². The molecule has 2 aromatic carbocycles. The topological polar surface area (TPSA) is 64.5 Å². The van der Waals surface area contributed by atoms with Gasteiger partial charge in [0.2, 0.25) is 0 Å². The van der Waals surface area contributed by atoms with Crippen LogP contribution in [-0.2, 0) is 19.7 Å². The zero-order valence-corrected chi connectivity index (χ0v) is 21.8. The molecule has 1 saturated heterocycles. The first kappa shape index (κ1) is 25.6. The van der Waals surface area contributed by atoms with Crippen molar-refractivity contribution in [3.8, 4) is 0 Å². The molecule has 0 aliphatic carbocycles. The number of nitrogens with zero attached hydrogens (tertiary/aromatic N) is 4. The lowest BCUT2D eigenvalue weighted by atomic mass is 10.0. The van der Waals surface area contributed by atoms with Gasteiger partial charge in [-0.25, -0.2) is 0 Å². The van der Waals surface area contributed by atoms with E-state index in [9.17, 15) is 5.11 Å². The molecule has 0 bridgehead atoms. The fraction of sp³-hybridized carbons (Fsp3) is 0.333. The molecule has 1 aliphatic rings. The summed E-state index contributed by atoms with van der Waals surface area (Å²) < 4.78 is 0. The Morgan fingerprint density at radius 2 is 1.59 bits per heavy atom. The van der Waals surface area contributed by atoms with Crippen LogP contribution in [0.3, 0.4) is 0 Å². The molecule has 7 heteroatoms. The quantitative estimate of drug-likeness (QED) is 0.296. The second kappa shape index (κ2) is 12.5. The van der Waals surface area contributed by atoms with Crippen molar-refractivity contribution < 1.29 is 5.11 Å². The molecule has 5 rings (SSSR count). The van der Waals surface area contributed by atoms with Crippen molar-refractivity contribution in [1.82, 2.24) is 19.8 Å². The molecule has 0 spiro atoms. The number of benzene rings is 2. The van der Waals surface area contributed by atoms with Gasteiger partial charge in [-0.3, -0.25) is 14.9 Å². The van der Waals surface area contributed by atoms with Gasteiger partial charge in [-0.15, -0.1) is 0 Å². The Morgan fingerprint density at radius 1 is 0.892 bits per heavy atom. The summed E-state index contributed by atoms with van der Waals surface area (Å²) in [5.41, 5.74) is 5.55. The summed E-state index contributed by atoms with van der Waals surface area (Å²) >= 11 is 6.13. The van der Waals surface area contributed by atoms with Crippen molar-refractivity contribution in [2.45, 2.75) is 38.6 Å². The average Bonchev–Trinajstić information content (AvgIpc) is 2.94. The highest BCUT2D eigenvalue weighted by Crippen LogP contribution is 2.25. The molecule has 4 aromatic rings. The van der Waals surface area contributed by atoms with Gasteiger partial charge in [-0.2, -0.15) is 0 Å². The Balaban J connectivity index is 1.17. The summed E-state index contributed by atoms with van der Waals surface area (Å²) in [5, 5.41) is 14.8. The van der Waals surface area contributed by atoms with E-state index in [0.29, 0.717) is 11.1 Å². The third-order valence-corrected chi connectivity index (χ3v) is 7.48. The zero-order valence-electron chi connectivity index (χ0n) is 21.1. The fourth-order valence-electron chi connectivity index (χ4n) is 5.15. The van der Waals surface area contributed by atoms with Crippen molar-refractivity contribution in [3.05, 3.63) is 101 Å². The van der Waals surface area contributed by atoms with Gasteiger partial charge < -0.3 is 15.3 Å². The summed E-state index contributed by atoms with van der Waals surface area (Å²) in [6, 6.07) is 21.0. The first-order valence-corrected chi connectivity index (χ1v) is 13.4. The van der Waals surface area contributed by atoms with Crippen LogP contribution in [0, 0.1) is 0 Å². The Kier molecular flexibility index (Phi) is 8.64. The Morgan fingerprint density at radius 3 is 2.32 bits per heavy atom. The second-order valence-corrected chi connectivity index (χ2v) is 10.2. The third-order valence-electron chi connectivity index (χ3n) is 7.25. The minimum absolute atomic E-state index is 0.0834. The number of nitrogens with one attached hydrogen (secondary N) is 1. The number of hydrogen-bond donors (Lipinski definition) is 2. The number of likely N-dealkylation sites (tertiary alicyclic amines) is 1. The summed E-state index contributed by atoms with van der Waals surface area (Å²) in [4.78, 5) is 13.8. The van der Waals surface area contributed by atoms with E-state index in [2.05, 4.69) is 49.4 Å². The van der Waals surface area contributed by atoms with Crippen LogP contribution in [-0.4, -0.2) is 57.1 Å². The van der Waals surface area contributed by atoms with Gasteiger partial charge in [0.05, 0.1) is 12.1 Å². The van der Waals surface area contributed by atoms with Gasteiger partial charge in [-0.05, 0) is 79.0 Å². The van der Waals surface area contributed by atoms with E-state index in [-0.39, 0.29) is 6.61 Å². The van der Waals surface area contributed by atoms with E-state index in [1.54, 1.807) is 0 Å². The zero-order chi connectivity index (χ0) is 25.5. The number of anilines is 1. The maximum atomic E-state index is 9.38. The molecular formula is C30H34ClN5O. The number of hydrogen-bond acceptors (Lipinski definition) is 6. The Hall–Kier alpha value is -3.03. The fourth-order valence-corrected chi connectivity index (χ4v) is 5.32. The third kappa shape index (κ3) is 6.84. The number of aliphatic hydroxyl groups is 1. The molecule has 1 fully saturated rings. The number of aromatic nitrogens is 2. The number of fused-ring (bicyclic) bond motifs is 1. The van der Waals surface area contributed by atoms with Crippen LogP contribution in [0.1, 0.15) is 29.5 Å². The number of halogens is 1. The molecule has 1 aliphatic heterocycles. The normalized spacial score (nSPS) is 14.9. The number of rotatable bonds is 10. The molecule has 2 N–H and O–H groups in total. The van der Waals surface area contributed by atoms with Crippen LogP contribution >= 0.6 is 11.6 Å². The van der Waals surface area contributed by atoms with Gasteiger partial charge >= 0.3 is 0 Å². The van der Waals surface area contributed by atoms with Crippen LogP contribution in [0.2, 0.25) is 5.02 Å².